The molecule has 0 radical (unpaired) electrons. The molecule has 0 saturated heterocycles. The van der Waals surface area contributed by atoms with Gasteiger partial charge >= 0.3 is 0 Å². The largest absolute Gasteiger partial charge is 0.131 e. The van der Waals surface area contributed by atoms with E-state index in [9.17, 15) is 0 Å². The van der Waals surface area contributed by atoms with Gasteiger partial charge in [-0.2, -0.15) is 0 Å². The first-order chi connectivity index (χ1) is 2.21. The highest BCUT2D eigenvalue weighted by Crippen LogP contribution is 2.43. The molecule has 1 unspecified atom stereocenters. The molecule has 0 aliphatic heterocycles. The second kappa shape index (κ2) is 0.733. The van der Waals surface area contributed by atoms with Crippen molar-refractivity contribution >= 4 is 9.24 Å². The smallest absolute Gasteiger partial charge is 0.0178 e. The first-order valence-electron chi connectivity index (χ1n) is 2.00. The highest BCUT2D eigenvalue weighted by molar-refractivity contribution is 7.19. The molecule has 0 amide bonds. The molecule has 1 atom stereocenters. The fraction of sp³-hybridized carbons (Fsp3) is 1.00. The van der Waals surface area contributed by atoms with Gasteiger partial charge in [-0.15, -0.1) is 9.24 Å². The fourth-order valence-electron chi connectivity index (χ4n) is 0.197. The van der Waals surface area contributed by atoms with E-state index in [0.29, 0.717) is 5.16 Å². The predicted octanol–water partition coefficient (Wildman–Crippen LogP) is 1.41. The Hall–Kier alpha value is 0.430. The summed E-state index contributed by atoms with van der Waals surface area (Å²) < 4.78 is 0. The zero-order valence-corrected chi connectivity index (χ0v) is 4.65. The Labute approximate surface area is 35.2 Å². The lowest BCUT2D eigenvalue weighted by Crippen LogP contribution is -1.78. The van der Waals surface area contributed by atoms with Crippen LogP contribution in [0.4, 0.5) is 0 Å². The Morgan fingerprint density at radius 1 is 1.60 bits per heavy atom. The Morgan fingerprint density at radius 3 is 1.80 bits per heavy atom. The van der Waals surface area contributed by atoms with Crippen molar-refractivity contribution in [3.63, 3.8) is 0 Å². The molecule has 0 nitrogen and oxygen atoms in total. The third-order valence-corrected chi connectivity index (χ3v) is 1.62. The van der Waals surface area contributed by atoms with Crippen LogP contribution in [0.15, 0.2) is 0 Å². The first-order valence-corrected chi connectivity index (χ1v) is 2.57. The summed E-state index contributed by atoms with van der Waals surface area (Å²) in [5.74, 6) is 0. The number of hydrogen-bond acceptors (Lipinski definition) is 0. The second-order valence-electron chi connectivity index (χ2n) is 2.15. The molecular formula is C4H9P. The third-order valence-electron chi connectivity index (χ3n) is 1.04. The minimum absolute atomic E-state index is 0.667. The molecule has 0 spiro atoms. The molecule has 30 valence electrons. The van der Waals surface area contributed by atoms with E-state index in [4.69, 9.17) is 0 Å². The molecule has 0 aromatic heterocycles. The van der Waals surface area contributed by atoms with Crippen molar-refractivity contribution in [1.29, 1.82) is 0 Å². The molecular weight excluding hydrogens is 79.0 g/mol. The molecule has 0 bridgehead atoms. The van der Waals surface area contributed by atoms with E-state index in [2.05, 4.69) is 16.2 Å². The lowest BCUT2D eigenvalue weighted by Gasteiger charge is -1.86. The van der Waals surface area contributed by atoms with Gasteiger partial charge in [0.15, 0.2) is 0 Å². The summed E-state index contributed by atoms with van der Waals surface area (Å²) in [5, 5.41) is 0.667. The van der Waals surface area contributed by atoms with E-state index in [0.717, 1.165) is 0 Å². The van der Waals surface area contributed by atoms with Crippen LogP contribution in [0.1, 0.15) is 19.8 Å². The normalized spacial score (nSPS) is 30.0. The summed E-state index contributed by atoms with van der Waals surface area (Å²) in [6, 6.07) is 0. The van der Waals surface area contributed by atoms with Gasteiger partial charge in [0.2, 0.25) is 0 Å². The van der Waals surface area contributed by atoms with Gasteiger partial charge in [-0.1, -0.05) is 6.92 Å². The van der Waals surface area contributed by atoms with E-state index in [1.165, 1.54) is 12.8 Å². The van der Waals surface area contributed by atoms with Gasteiger partial charge in [0.1, 0.15) is 0 Å². The van der Waals surface area contributed by atoms with E-state index in [1.807, 2.05) is 0 Å². The Balaban J connectivity index is 2.38. The average Bonchev–Trinajstić information content (AvgIpc) is 1.76. The maximum atomic E-state index is 2.83. The summed E-state index contributed by atoms with van der Waals surface area (Å²) >= 11 is 0. The monoisotopic (exact) mass is 88.0 g/mol. The van der Waals surface area contributed by atoms with Crippen molar-refractivity contribution in [2.45, 2.75) is 24.9 Å². The van der Waals surface area contributed by atoms with Gasteiger partial charge in [0.05, 0.1) is 0 Å². The van der Waals surface area contributed by atoms with Crippen molar-refractivity contribution in [3.05, 3.63) is 0 Å². The molecule has 5 heavy (non-hydrogen) atoms. The molecule has 1 heteroatoms. The Kier molecular flexibility index (Phi) is 0.530. The van der Waals surface area contributed by atoms with Gasteiger partial charge in [0, 0.05) is 0 Å². The topological polar surface area (TPSA) is 0 Å². The lowest BCUT2D eigenvalue weighted by molar-refractivity contribution is 1.05. The first kappa shape index (κ1) is 3.61. The standard InChI is InChI=1S/C4H9P/c1-4(5)2-3-4/h2-3,5H2,1H3. The van der Waals surface area contributed by atoms with Crippen LogP contribution in [0.3, 0.4) is 0 Å². The molecule has 0 heterocycles. The Bertz CT molecular complexity index is 41.6. The third kappa shape index (κ3) is 0.887. The molecule has 1 rings (SSSR count). The van der Waals surface area contributed by atoms with Crippen molar-refractivity contribution in [2.24, 2.45) is 0 Å². The van der Waals surface area contributed by atoms with Crippen molar-refractivity contribution in [2.75, 3.05) is 0 Å². The van der Waals surface area contributed by atoms with Crippen LogP contribution in [-0.4, -0.2) is 5.16 Å². The molecule has 0 N–H and O–H groups in total. The highest BCUT2D eigenvalue weighted by atomic mass is 31.0. The van der Waals surface area contributed by atoms with Crippen LogP contribution >= 0.6 is 9.24 Å². The Morgan fingerprint density at radius 2 is 1.80 bits per heavy atom. The van der Waals surface area contributed by atoms with Crippen LogP contribution in [0.5, 0.6) is 0 Å². The molecule has 0 aromatic rings. The minimum atomic E-state index is 0.667. The zero-order chi connectivity index (χ0) is 3.91. The van der Waals surface area contributed by atoms with Gasteiger partial charge in [-0.3, -0.25) is 0 Å². The van der Waals surface area contributed by atoms with E-state index in [1.54, 1.807) is 0 Å². The van der Waals surface area contributed by atoms with Crippen LogP contribution in [0.2, 0.25) is 0 Å². The molecule has 0 aromatic carbocycles. The summed E-state index contributed by atoms with van der Waals surface area (Å²) in [7, 11) is 2.83. The van der Waals surface area contributed by atoms with E-state index >= 15 is 0 Å². The summed E-state index contributed by atoms with van der Waals surface area (Å²) in [5.41, 5.74) is 0. The average molecular weight is 88.1 g/mol. The highest BCUT2D eigenvalue weighted by Gasteiger charge is 2.30. The fourth-order valence-corrected chi connectivity index (χ4v) is 0.342. The summed E-state index contributed by atoms with van der Waals surface area (Å²) in [6.07, 6.45) is 2.83. The molecule has 1 saturated carbocycles. The van der Waals surface area contributed by atoms with Gasteiger partial charge in [-0.25, -0.2) is 0 Å². The quantitative estimate of drug-likeness (QED) is 0.393. The lowest BCUT2D eigenvalue weighted by atomic mass is 10.5. The van der Waals surface area contributed by atoms with Crippen LogP contribution in [0, 0.1) is 0 Å². The summed E-state index contributed by atoms with van der Waals surface area (Å²) in [6.45, 7) is 2.26. The number of hydrogen-bond donors (Lipinski definition) is 0. The van der Waals surface area contributed by atoms with Crippen molar-refractivity contribution < 1.29 is 0 Å². The van der Waals surface area contributed by atoms with Crippen molar-refractivity contribution in [3.8, 4) is 0 Å². The van der Waals surface area contributed by atoms with Gasteiger partial charge in [-0.05, 0) is 18.0 Å². The second-order valence-corrected chi connectivity index (χ2v) is 3.55. The maximum Gasteiger partial charge on any atom is -0.0178 e. The SMILES string of the molecule is CC1(P)CC1. The van der Waals surface area contributed by atoms with Crippen molar-refractivity contribution in [1.82, 2.24) is 0 Å². The van der Waals surface area contributed by atoms with Crippen LogP contribution < -0.4 is 0 Å². The van der Waals surface area contributed by atoms with E-state index < -0.39 is 0 Å². The molecule has 1 fully saturated rings. The van der Waals surface area contributed by atoms with E-state index in [-0.39, 0.29) is 0 Å². The van der Waals surface area contributed by atoms with Crippen LogP contribution in [-0.2, 0) is 0 Å². The molecule has 1 aliphatic carbocycles. The van der Waals surface area contributed by atoms with Gasteiger partial charge < -0.3 is 0 Å². The van der Waals surface area contributed by atoms with Gasteiger partial charge in [0.25, 0.3) is 0 Å². The maximum absolute atomic E-state index is 2.83. The van der Waals surface area contributed by atoms with Crippen LogP contribution in [0.25, 0.3) is 0 Å². The summed E-state index contributed by atoms with van der Waals surface area (Å²) in [4.78, 5) is 0. The minimum Gasteiger partial charge on any atom is -0.131 e. The zero-order valence-electron chi connectivity index (χ0n) is 3.49. The predicted molar refractivity (Wildman–Crippen MR) is 27.3 cm³/mol. The number of rotatable bonds is 0. The molecule has 1 aliphatic rings.